The number of ether oxygens (including phenoxy) is 1. The molecule has 0 amide bonds. The second-order valence-electron chi connectivity index (χ2n) is 4.53. The molecule has 1 aromatic rings. The minimum atomic E-state index is -0.674. The van der Waals surface area contributed by atoms with Crippen molar-refractivity contribution in [2.75, 3.05) is 6.61 Å². The van der Waals surface area contributed by atoms with Crippen molar-refractivity contribution in [3.05, 3.63) is 35.6 Å². The van der Waals surface area contributed by atoms with E-state index in [0.717, 1.165) is 0 Å². The van der Waals surface area contributed by atoms with Crippen LogP contribution in [0.5, 0.6) is 0 Å². The summed E-state index contributed by atoms with van der Waals surface area (Å²) in [4.78, 5) is 0. The van der Waals surface area contributed by atoms with Gasteiger partial charge >= 0.3 is 0 Å². The second kappa shape index (κ2) is 6.72. The molecule has 1 N–H and O–H groups in total. The Morgan fingerprint density at radius 2 is 1.94 bits per heavy atom. The Bertz CT molecular complexity index is 339. The molecule has 1 rings (SSSR count). The Balaban J connectivity index is 2.69. The fourth-order valence-corrected chi connectivity index (χ4v) is 1.95. The van der Waals surface area contributed by atoms with E-state index in [9.17, 15) is 9.50 Å². The summed E-state index contributed by atoms with van der Waals surface area (Å²) in [5.74, 6) is -0.0673. The van der Waals surface area contributed by atoms with Gasteiger partial charge in [0, 0.05) is 13.0 Å². The van der Waals surface area contributed by atoms with E-state index in [-0.39, 0.29) is 24.3 Å². The van der Waals surface area contributed by atoms with Crippen LogP contribution >= 0.6 is 0 Å². The molecule has 0 aromatic heterocycles. The molecule has 2 unspecified atom stereocenters. The molecule has 1 aromatic carbocycles. The predicted molar refractivity (Wildman–Crippen MR) is 66.4 cm³/mol. The Hall–Kier alpha value is -0.930. The smallest absolute Gasteiger partial charge is 0.126 e. The number of halogens is 1. The lowest BCUT2D eigenvalue weighted by molar-refractivity contribution is -0.0564. The fraction of sp³-hybridized carbons (Fsp3) is 0.571. The monoisotopic (exact) mass is 240 g/mol. The molecular weight excluding hydrogens is 219 g/mol. The average molecular weight is 240 g/mol. The highest BCUT2D eigenvalue weighted by Crippen LogP contribution is 2.17. The van der Waals surface area contributed by atoms with Crippen LogP contribution in [-0.4, -0.2) is 23.9 Å². The van der Waals surface area contributed by atoms with E-state index in [1.165, 1.54) is 6.07 Å². The van der Waals surface area contributed by atoms with Gasteiger partial charge in [-0.2, -0.15) is 0 Å². The standard InChI is InChI=1S/C14H21FO2/c1-4-17-14(10(2)3)13(16)9-11-7-5-6-8-12(11)15/h5-8,10,13-14,16H,4,9H2,1-3H3. The third-order valence-electron chi connectivity index (χ3n) is 2.78. The van der Waals surface area contributed by atoms with Crippen LogP contribution in [0.15, 0.2) is 24.3 Å². The average Bonchev–Trinajstić information content (AvgIpc) is 2.28. The number of benzene rings is 1. The van der Waals surface area contributed by atoms with Gasteiger partial charge in [0.25, 0.3) is 0 Å². The first-order valence-electron chi connectivity index (χ1n) is 6.09. The maximum absolute atomic E-state index is 13.4. The van der Waals surface area contributed by atoms with Gasteiger partial charge in [0.1, 0.15) is 5.82 Å². The molecule has 17 heavy (non-hydrogen) atoms. The van der Waals surface area contributed by atoms with Crippen molar-refractivity contribution >= 4 is 0 Å². The first-order chi connectivity index (χ1) is 8.06. The number of hydrogen-bond acceptors (Lipinski definition) is 2. The van der Waals surface area contributed by atoms with Crippen LogP contribution in [0.1, 0.15) is 26.3 Å². The molecule has 0 saturated carbocycles. The summed E-state index contributed by atoms with van der Waals surface area (Å²) in [7, 11) is 0. The van der Waals surface area contributed by atoms with Crippen molar-refractivity contribution in [3.8, 4) is 0 Å². The Kier molecular flexibility index (Phi) is 5.59. The van der Waals surface area contributed by atoms with Crippen molar-refractivity contribution in [2.24, 2.45) is 5.92 Å². The summed E-state index contributed by atoms with van der Waals surface area (Å²) in [5, 5.41) is 10.1. The Morgan fingerprint density at radius 3 is 2.47 bits per heavy atom. The molecule has 0 radical (unpaired) electrons. The Morgan fingerprint density at radius 1 is 1.29 bits per heavy atom. The molecule has 0 heterocycles. The SMILES string of the molecule is CCOC(C(C)C)C(O)Cc1ccccc1F. The predicted octanol–water partition coefficient (Wildman–Crippen LogP) is 2.79. The van der Waals surface area contributed by atoms with E-state index in [1.807, 2.05) is 20.8 Å². The molecule has 0 fully saturated rings. The van der Waals surface area contributed by atoms with Crippen LogP contribution in [-0.2, 0) is 11.2 Å². The molecule has 0 spiro atoms. The van der Waals surface area contributed by atoms with Crippen molar-refractivity contribution in [2.45, 2.75) is 39.4 Å². The lowest BCUT2D eigenvalue weighted by Gasteiger charge is -2.26. The minimum absolute atomic E-state index is 0.205. The van der Waals surface area contributed by atoms with E-state index in [0.29, 0.717) is 12.2 Å². The lowest BCUT2D eigenvalue weighted by atomic mass is 9.96. The van der Waals surface area contributed by atoms with Gasteiger partial charge in [-0.3, -0.25) is 0 Å². The van der Waals surface area contributed by atoms with Crippen LogP contribution in [0.3, 0.4) is 0 Å². The van der Waals surface area contributed by atoms with Crippen molar-refractivity contribution in [1.29, 1.82) is 0 Å². The van der Waals surface area contributed by atoms with Gasteiger partial charge in [0.2, 0.25) is 0 Å². The largest absolute Gasteiger partial charge is 0.390 e. The summed E-state index contributed by atoms with van der Waals surface area (Å²) < 4.78 is 19.0. The first-order valence-corrected chi connectivity index (χ1v) is 6.09. The molecule has 2 atom stereocenters. The molecule has 2 nitrogen and oxygen atoms in total. The van der Waals surface area contributed by atoms with E-state index < -0.39 is 6.10 Å². The maximum Gasteiger partial charge on any atom is 0.126 e. The number of hydrogen-bond donors (Lipinski definition) is 1. The zero-order valence-electron chi connectivity index (χ0n) is 10.7. The summed E-state index contributed by atoms with van der Waals surface area (Å²) in [6.45, 7) is 6.43. The fourth-order valence-electron chi connectivity index (χ4n) is 1.95. The zero-order chi connectivity index (χ0) is 12.8. The highest BCUT2D eigenvalue weighted by Gasteiger charge is 2.23. The molecule has 3 heteroatoms. The van der Waals surface area contributed by atoms with Crippen LogP contribution in [0, 0.1) is 11.7 Å². The lowest BCUT2D eigenvalue weighted by Crippen LogP contribution is -2.35. The molecule has 0 bridgehead atoms. The topological polar surface area (TPSA) is 29.5 Å². The van der Waals surface area contributed by atoms with E-state index in [2.05, 4.69) is 0 Å². The van der Waals surface area contributed by atoms with Crippen molar-refractivity contribution in [1.82, 2.24) is 0 Å². The van der Waals surface area contributed by atoms with Gasteiger partial charge in [0.05, 0.1) is 12.2 Å². The van der Waals surface area contributed by atoms with Gasteiger partial charge < -0.3 is 9.84 Å². The van der Waals surface area contributed by atoms with E-state index in [4.69, 9.17) is 4.74 Å². The second-order valence-corrected chi connectivity index (χ2v) is 4.53. The highest BCUT2D eigenvalue weighted by atomic mass is 19.1. The molecular formula is C14H21FO2. The third-order valence-corrected chi connectivity index (χ3v) is 2.78. The molecule has 0 aliphatic carbocycles. The van der Waals surface area contributed by atoms with Crippen molar-refractivity contribution in [3.63, 3.8) is 0 Å². The molecule has 0 saturated heterocycles. The van der Waals surface area contributed by atoms with Gasteiger partial charge in [-0.1, -0.05) is 32.0 Å². The summed E-state index contributed by atoms with van der Waals surface area (Å²) in [5.41, 5.74) is 0.533. The maximum atomic E-state index is 13.4. The van der Waals surface area contributed by atoms with Gasteiger partial charge in [-0.25, -0.2) is 4.39 Å². The van der Waals surface area contributed by atoms with Crippen LogP contribution in [0.2, 0.25) is 0 Å². The quantitative estimate of drug-likeness (QED) is 0.828. The first kappa shape index (κ1) is 14.1. The number of aliphatic hydroxyl groups is 1. The molecule has 0 aliphatic rings. The number of rotatable bonds is 6. The highest BCUT2D eigenvalue weighted by molar-refractivity contribution is 5.18. The number of aliphatic hydroxyl groups excluding tert-OH is 1. The Labute approximate surface area is 102 Å². The van der Waals surface area contributed by atoms with Crippen LogP contribution < -0.4 is 0 Å². The van der Waals surface area contributed by atoms with E-state index in [1.54, 1.807) is 18.2 Å². The normalized spacial score (nSPS) is 14.9. The van der Waals surface area contributed by atoms with Crippen molar-refractivity contribution < 1.29 is 14.2 Å². The molecule has 96 valence electrons. The third kappa shape index (κ3) is 4.10. The van der Waals surface area contributed by atoms with E-state index >= 15 is 0 Å². The van der Waals surface area contributed by atoms with Crippen LogP contribution in [0.4, 0.5) is 4.39 Å². The van der Waals surface area contributed by atoms with Gasteiger partial charge in [-0.05, 0) is 24.5 Å². The van der Waals surface area contributed by atoms with Gasteiger partial charge in [-0.15, -0.1) is 0 Å². The summed E-state index contributed by atoms with van der Waals surface area (Å²) in [6.07, 6.45) is -0.637. The summed E-state index contributed by atoms with van der Waals surface area (Å²) in [6, 6.07) is 6.53. The van der Waals surface area contributed by atoms with Gasteiger partial charge in [0.15, 0.2) is 0 Å². The zero-order valence-corrected chi connectivity index (χ0v) is 10.7. The minimum Gasteiger partial charge on any atom is -0.390 e. The van der Waals surface area contributed by atoms with Crippen LogP contribution in [0.25, 0.3) is 0 Å². The summed E-state index contributed by atoms with van der Waals surface area (Å²) >= 11 is 0. The molecule has 0 aliphatic heterocycles.